The van der Waals surface area contributed by atoms with E-state index in [1.807, 2.05) is 6.07 Å². The third-order valence-electron chi connectivity index (χ3n) is 9.84. The molecule has 2 saturated carbocycles. The predicted octanol–water partition coefficient (Wildman–Crippen LogP) is 3.28. The maximum Gasteiger partial charge on any atom is 0.192 e. The van der Waals surface area contributed by atoms with Crippen LogP contribution < -0.4 is 0 Å². The minimum atomic E-state index is -1.77. The van der Waals surface area contributed by atoms with Gasteiger partial charge in [0, 0.05) is 39.4 Å². The topological polar surface area (TPSA) is 103 Å². The number of H-pyrrole nitrogens is 1. The van der Waals surface area contributed by atoms with Crippen LogP contribution in [0, 0.1) is 11.3 Å². The number of aliphatic hydroxyl groups is 3. The first-order chi connectivity index (χ1) is 15.4. The van der Waals surface area contributed by atoms with Crippen LogP contribution in [0.1, 0.15) is 64.6 Å². The predicted molar refractivity (Wildman–Crippen MR) is 124 cm³/mol. The number of hydrogen-bond donors (Lipinski definition) is 4. The number of hydrogen-bond acceptors (Lipinski definition) is 5. The first-order valence-corrected chi connectivity index (χ1v) is 12.1. The Morgan fingerprint density at radius 2 is 1.85 bits per heavy atom. The number of ketones is 1. The Hall–Kier alpha value is -1.99. The van der Waals surface area contributed by atoms with Gasteiger partial charge in [-0.15, -0.1) is 0 Å². The van der Waals surface area contributed by atoms with Crippen LogP contribution in [0.25, 0.3) is 10.9 Å². The van der Waals surface area contributed by atoms with Crippen LogP contribution in [0.3, 0.4) is 0 Å². The fourth-order valence-corrected chi connectivity index (χ4v) is 7.81. The molecule has 1 aromatic heterocycles. The smallest absolute Gasteiger partial charge is 0.192 e. The van der Waals surface area contributed by atoms with E-state index < -0.39 is 34.3 Å². The molecule has 0 amide bonds. The van der Waals surface area contributed by atoms with Gasteiger partial charge in [-0.05, 0) is 63.2 Å². The van der Waals surface area contributed by atoms with E-state index in [2.05, 4.69) is 37.0 Å². The summed E-state index contributed by atoms with van der Waals surface area (Å²) in [5.74, 6) is -1.81. The highest BCUT2D eigenvalue weighted by Gasteiger charge is 2.72. The molecule has 0 bridgehead atoms. The van der Waals surface area contributed by atoms with Crippen molar-refractivity contribution in [2.45, 2.75) is 88.3 Å². The van der Waals surface area contributed by atoms with E-state index in [4.69, 9.17) is 4.74 Å². The Kier molecular flexibility index (Phi) is 4.02. The molecule has 1 aromatic carbocycles. The lowest BCUT2D eigenvalue weighted by Crippen LogP contribution is -2.71. The first kappa shape index (κ1) is 21.5. The van der Waals surface area contributed by atoms with Gasteiger partial charge in [0.05, 0.1) is 11.2 Å². The third-order valence-corrected chi connectivity index (χ3v) is 9.84. The number of aromatic nitrogens is 1. The van der Waals surface area contributed by atoms with Gasteiger partial charge in [0.15, 0.2) is 17.7 Å². The number of rotatable bonds is 1. The zero-order valence-electron chi connectivity index (χ0n) is 19.7. The molecule has 6 heteroatoms. The summed E-state index contributed by atoms with van der Waals surface area (Å²) in [6, 6.07) is 8.35. The number of para-hydroxylation sites is 1. The first-order valence-electron chi connectivity index (χ1n) is 12.1. The number of aromatic amines is 1. The summed E-state index contributed by atoms with van der Waals surface area (Å²) in [4.78, 5) is 16.7. The van der Waals surface area contributed by atoms with E-state index in [0.717, 1.165) is 18.4 Å². The van der Waals surface area contributed by atoms with Crippen molar-refractivity contribution < 1.29 is 24.9 Å². The van der Waals surface area contributed by atoms with Gasteiger partial charge in [0.25, 0.3) is 0 Å². The summed E-state index contributed by atoms with van der Waals surface area (Å²) in [5, 5.41) is 35.7. The Morgan fingerprint density at radius 3 is 2.58 bits per heavy atom. The van der Waals surface area contributed by atoms with E-state index >= 15 is 0 Å². The molecule has 2 heterocycles. The van der Waals surface area contributed by atoms with E-state index in [-0.39, 0.29) is 17.4 Å². The molecule has 0 spiro atoms. The van der Waals surface area contributed by atoms with E-state index in [1.165, 1.54) is 36.6 Å². The fourth-order valence-electron chi connectivity index (χ4n) is 7.81. The normalized spacial score (nSPS) is 42.4. The SMILES string of the molecule is CC(C)(O)[C@H]1O[C@@]2(O)CC[C@@]3(C)[C@@](O)(CC[C@H]4Cc5c([nH]c6ccccc56)[C@@]43C)C2=CC1=O. The van der Waals surface area contributed by atoms with E-state index in [0.29, 0.717) is 18.8 Å². The Bertz CT molecular complexity index is 1220. The fraction of sp³-hybridized carbons (Fsp3) is 0.593. The summed E-state index contributed by atoms with van der Waals surface area (Å²) in [7, 11) is 0. The van der Waals surface area contributed by atoms with E-state index in [9.17, 15) is 20.1 Å². The van der Waals surface area contributed by atoms with Crippen molar-refractivity contribution >= 4 is 16.7 Å². The quantitative estimate of drug-likeness (QED) is 0.533. The highest BCUT2D eigenvalue weighted by atomic mass is 16.6. The van der Waals surface area contributed by atoms with Crippen molar-refractivity contribution in [3.05, 3.63) is 47.2 Å². The third kappa shape index (κ3) is 2.40. The largest absolute Gasteiger partial charge is 0.387 e. The molecular formula is C27H33NO5. The molecular weight excluding hydrogens is 418 g/mol. The second kappa shape index (κ2) is 6.16. The lowest BCUT2D eigenvalue weighted by Gasteiger charge is -2.66. The summed E-state index contributed by atoms with van der Waals surface area (Å²) in [6.45, 7) is 7.37. The molecule has 1 aliphatic heterocycles. The molecule has 0 unspecified atom stereocenters. The number of ether oxygens (including phenoxy) is 1. The van der Waals surface area contributed by atoms with Crippen molar-refractivity contribution in [1.29, 1.82) is 0 Å². The Morgan fingerprint density at radius 1 is 1.12 bits per heavy atom. The van der Waals surface area contributed by atoms with Crippen molar-refractivity contribution in [3.63, 3.8) is 0 Å². The average Bonchev–Trinajstić information content (AvgIpc) is 3.25. The lowest BCUT2D eigenvalue weighted by atomic mass is 9.42. The highest BCUT2D eigenvalue weighted by Crippen LogP contribution is 2.70. The van der Waals surface area contributed by atoms with Crippen molar-refractivity contribution in [2.75, 3.05) is 0 Å². The maximum absolute atomic E-state index is 13.0. The van der Waals surface area contributed by atoms with Gasteiger partial charge >= 0.3 is 0 Å². The number of nitrogens with one attached hydrogen (secondary N) is 1. The molecule has 4 N–H and O–H groups in total. The molecule has 6 atom stereocenters. The highest BCUT2D eigenvalue weighted by molar-refractivity contribution is 5.96. The average molecular weight is 452 g/mol. The molecule has 0 radical (unpaired) electrons. The molecule has 2 fully saturated rings. The van der Waals surface area contributed by atoms with Crippen LogP contribution in [-0.2, 0) is 21.4 Å². The van der Waals surface area contributed by atoms with Crippen LogP contribution in [0.5, 0.6) is 0 Å². The second-order valence-electron chi connectivity index (χ2n) is 11.8. The van der Waals surface area contributed by atoms with Gasteiger partial charge in [0.1, 0.15) is 0 Å². The van der Waals surface area contributed by atoms with Gasteiger partial charge < -0.3 is 25.0 Å². The number of carbonyl (C=O) groups is 1. The van der Waals surface area contributed by atoms with E-state index in [1.54, 1.807) is 0 Å². The van der Waals surface area contributed by atoms with Crippen LogP contribution in [0.2, 0.25) is 0 Å². The van der Waals surface area contributed by atoms with Gasteiger partial charge in [-0.1, -0.05) is 32.0 Å². The molecule has 0 saturated heterocycles. The zero-order valence-corrected chi connectivity index (χ0v) is 19.7. The van der Waals surface area contributed by atoms with Crippen molar-refractivity contribution in [3.8, 4) is 0 Å². The van der Waals surface area contributed by atoms with Crippen molar-refractivity contribution in [2.24, 2.45) is 11.3 Å². The zero-order chi connectivity index (χ0) is 23.6. The lowest BCUT2D eigenvalue weighted by molar-refractivity contribution is -0.286. The minimum Gasteiger partial charge on any atom is -0.387 e. The van der Waals surface area contributed by atoms with Gasteiger partial charge in [-0.25, -0.2) is 0 Å². The van der Waals surface area contributed by atoms with Gasteiger partial charge in [-0.2, -0.15) is 0 Å². The monoisotopic (exact) mass is 451 g/mol. The van der Waals surface area contributed by atoms with Gasteiger partial charge in [-0.3, -0.25) is 4.79 Å². The number of carbonyl (C=O) groups excluding carboxylic acids is 1. The summed E-state index contributed by atoms with van der Waals surface area (Å²) >= 11 is 0. The molecule has 176 valence electrons. The summed E-state index contributed by atoms with van der Waals surface area (Å²) < 4.78 is 5.90. The number of fused-ring (bicyclic) bond motifs is 9. The van der Waals surface area contributed by atoms with Crippen LogP contribution >= 0.6 is 0 Å². The summed E-state index contributed by atoms with van der Waals surface area (Å²) in [6.07, 6.45) is 3.20. The molecule has 4 aliphatic rings. The minimum absolute atomic E-state index is 0.259. The Labute approximate surface area is 193 Å². The standard InChI is InChI=1S/C27H33NO5/c1-23(2,30)22-19(29)14-20-26(31)10-9-15-13-17-16-7-5-6-8-18(16)28-21(17)25(15,4)24(26,3)11-12-27(20,32)33-22/h5-8,14-15,22,28,30-32H,9-13H2,1-4H3/t15-,22-,24+,25+,26+,27-/m0/s1. The molecule has 2 aromatic rings. The Balaban J connectivity index is 1.52. The van der Waals surface area contributed by atoms with Crippen molar-refractivity contribution in [1.82, 2.24) is 4.98 Å². The molecule has 6 nitrogen and oxygen atoms in total. The van der Waals surface area contributed by atoms with Gasteiger partial charge in [0.2, 0.25) is 0 Å². The second-order valence-corrected chi connectivity index (χ2v) is 11.8. The maximum atomic E-state index is 13.0. The van der Waals surface area contributed by atoms with Crippen LogP contribution in [0.4, 0.5) is 0 Å². The summed E-state index contributed by atoms with van der Waals surface area (Å²) in [5.41, 5.74) is 0.0745. The molecule has 33 heavy (non-hydrogen) atoms. The number of benzene rings is 1. The van der Waals surface area contributed by atoms with Crippen LogP contribution in [-0.4, -0.2) is 49.2 Å². The molecule has 3 aliphatic carbocycles. The molecule has 6 rings (SSSR count). The van der Waals surface area contributed by atoms with Crippen LogP contribution in [0.15, 0.2) is 35.9 Å².